The van der Waals surface area contributed by atoms with Crippen LogP contribution in [0.3, 0.4) is 0 Å². The van der Waals surface area contributed by atoms with Gasteiger partial charge in [-0.2, -0.15) is 16.1 Å². The molecule has 18 nitrogen and oxygen atoms in total. The van der Waals surface area contributed by atoms with Crippen LogP contribution in [-0.2, 0) is 31.5 Å². The number of carbonyl (C=O) groups is 4. The first kappa shape index (κ1) is 33.9. The van der Waals surface area contributed by atoms with Crippen molar-refractivity contribution in [1.82, 2.24) is 29.9 Å². The molecule has 3 aromatic heterocycles. The molecule has 5 rings (SSSR count). The normalized spacial score (nSPS) is 17.8. The fourth-order valence-corrected chi connectivity index (χ4v) is 8.25. The first-order chi connectivity index (χ1) is 22.6. The van der Waals surface area contributed by atoms with Gasteiger partial charge in [0.15, 0.2) is 29.1 Å². The molecule has 5 N–H and O–H groups in total. The summed E-state index contributed by atoms with van der Waals surface area (Å²) < 4.78 is 18.3. The maximum Gasteiger partial charge on any atom is 0.519 e. The van der Waals surface area contributed by atoms with Crippen LogP contribution in [-0.4, -0.2) is 77.7 Å². The predicted octanol–water partition coefficient (Wildman–Crippen LogP) is 1.83. The highest BCUT2D eigenvalue weighted by molar-refractivity contribution is 8.06. The van der Waals surface area contributed by atoms with Crippen LogP contribution >= 0.6 is 46.8 Å². The van der Waals surface area contributed by atoms with Gasteiger partial charge in [-0.1, -0.05) is 11.8 Å². The SMILES string of the molecule is Cc1oc(=O)oc1COC(=O)NCCSCc1ncccc1SC1=C(C(=O)O)N2C(=O)C(NC(=O)C(N=O)c3nsc(N)n3)C2SC1. The average Bonchev–Trinajstić information content (AvgIpc) is 3.62. The van der Waals surface area contributed by atoms with Gasteiger partial charge in [0, 0.05) is 51.3 Å². The second-order valence-electron chi connectivity index (χ2n) is 9.51. The van der Waals surface area contributed by atoms with Crippen molar-refractivity contribution in [3.05, 3.63) is 67.5 Å². The number of amides is 3. The maximum atomic E-state index is 13.1. The van der Waals surface area contributed by atoms with E-state index in [4.69, 9.17) is 19.3 Å². The molecule has 0 bridgehead atoms. The molecule has 0 saturated carbocycles. The zero-order chi connectivity index (χ0) is 33.7. The lowest BCUT2D eigenvalue weighted by Crippen LogP contribution is -2.70. The highest BCUT2D eigenvalue weighted by Crippen LogP contribution is 2.46. The molecular formula is C25H24N8O10S4. The van der Waals surface area contributed by atoms with Crippen LogP contribution in [0.2, 0.25) is 0 Å². The van der Waals surface area contributed by atoms with Gasteiger partial charge in [0.25, 0.3) is 11.8 Å². The zero-order valence-corrected chi connectivity index (χ0v) is 27.3. The first-order valence-electron chi connectivity index (χ1n) is 13.4. The second kappa shape index (κ2) is 15.0. The zero-order valence-electron chi connectivity index (χ0n) is 24.1. The number of nitrogens with zero attached hydrogens (tertiary/aromatic N) is 5. The number of β-lactam (4-membered cyclic amide) rings is 1. The topological polar surface area (TPSA) is 263 Å². The van der Waals surface area contributed by atoms with E-state index in [1.165, 1.54) is 42.2 Å². The minimum Gasteiger partial charge on any atom is -0.477 e. The van der Waals surface area contributed by atoms with Crippen molar-refractivity contribution in [2.45, 2.75) is 41.6 Å². The number of ether oxygens (including phenoxy) is 1. The quantitative estimate of drug-likeness (QED) is 0.105. The number of carboxylic acid groups (broad SMARTS) is 1. The van der Waals surface area contributed by atoms with E-state index in [0.717, 1.165) is 16.4 Å². The van der Waals surface area contributed by atoms with E-state index in [-0.39, 0.29) is 47.1 Å². The molecule has 0 radical (unpaired) electrons. The number of alkyl carbamates (subject to hydrolysis) is 1. The number of hydrogen-bond acceptors (Lipinski definition) is 18. The molecule has 3 amide bonds. The summed E-state index contributed by atoms with van der Waals surface area (Å²) in [5.74, 6) is -2.43. The number of rotatable bonds is 14. The van der Waals surface area contributed by atoms with Crippen molar-refractivity contribution in [2.75, 3.05) is 23.8 Å². The van der Waals surface area contributed by atoms with Crippen molar-refractivity contribution in [1.29, 1.82) is 0 Å². The Morgan fingerprint density at radius 1 is 1.32 bits per heavy atom. The van der Waals surface area contributed by atoms with Gasteiger partial charge in [-0.3, -0.25) is 19.5 Å². The highest BCUT2D eigenvalue weighted by atomic mass is 32.2. The Labute approximate surface area is 280 Å². The number of fused-ring (bicyclic) bond motifs is 1. The van der Waals surface area contributed by atoms with Crippen LogP contribution in [0.5, 0.6) is 0 Å². The molecule has 1 saturated heterocycles. The number of hydrogen-bond donors (Lipinski definition) is 4. The molecule has 3 aromatic rings. The monoisotopic (exact) mass is 724 g/mol. The van der Waals surface area contributed by atoms with Gasteiger partial charge >= 0.3 is 17.9 Å². The van der Waals surface area contributed by atoms with E-state index in [1.54, 1.807) is 18.3 Å². The van der Waals surface area contributed by atoms with Crippen LogP contribution in [0.4, 0.5) is 9.93 Å². The molecule has 2 aliphatic rings. The van der Waals surface area contributed by atoms with Crippen LogP contribution < -0.4 is 22.2 Å². The Balaban J connectivity index is 1.15. The summed E-state index contributed by atoms with van der Waals surface area (Å²) in [6, 6.07) is 0.796. The Morgan fingerprint density at radius 2 is 2.13 bits per heavy atom. The maximum absolute atomic E-state index is 13.1. The summed E-state index contributed by atoms with van der Waals surface area (Å²) in [5, 5.41) is 17.2. The number of nitroso groups, excluding NO2 is 1. The van der Waals surface area contributed by atoms with Crippen molar-refractivity contribution in [2.24, 2.45) is 5.18 Å². The molecule has 47 heavy (non-hydrogen) atoms. The van der Waals surface area contributed by atoms with E-state index >= 15 is 0 Å². The molecule has 3 unspecified atom stereocenters. The van der Waals surface area contributed by atoms with Gasteiger partial charge in [0.05, 0.1) is 5.69 Å². The average molecular weight is 725 g/mol. The summed E-state index contributed by atoms with van der Waals surface area (Å²) in [7, 11) is 0. The lowest BCUT2D eigenvalue weighted by molar-refractivity contribution is -0.150. The number of thioether (sulfide) groups is 3. The molecule has 248 valence electrons. The molecule has 5 heterocycles. The number of pyridine rings is 1. The smallest absolute Gasteiger partial charge is 0.477 e. The van der Waals surface area contributed by atoms with Gasteiger partial charge in [-0.25, -0.2) is 19.4 Å². The Morgan fingerprint density at radius 3 is 2.81 bits per heavy atom. The van der Waals surface area contributed by atoms with Gasteiger partial charge in [0.2, 0.25) is 6.04 Å². The van der Waals surface area contributed by atoms with Crippen molar-refractivity contribution in [3.63, 3.8) is 0 Å². The van der Waals surface area contributed by atoms with Crippen molar-refractivity contribution in [3.8, 4) is 0 Å². The molecule has 1 fully saturated rings. The molecule has 0 spiro atoms. The molecule has 22 heteroatoms. The molecule has 2 aliphatic heterocycles. The largest absolute Gasteiger partial charge is 0.519 e. The summed E-state index contributed by atoms with van der Waals surface area (Å²) >= 11 is 4.69. The number of nitrogen functional groups attached to an aromatic ring is 1. The van der Waals surface area contributed by atoms with Gasteiger partial charge in [0.1, 0.15) is 17.1 Å². The molecular weight excluding hydrogens is 701 g/mol. The first-order valence-corrected chi connectivity index (χ1v) is 17.2. The number of carboxylic acids is 1. The number of aromatic nitrogens is 3. The molecule has 0 aromatic carbocycles. The lowest BCUT2D eigenvalue weighted by atomic mass is 10.0. The van der Waals surface area contributed by atoms with Gasteiger partial charge in [-0.05, 0) is 24.2 Å². The third-order valence-electron chi connectivity index (χ3n) is 6.50. The minimum atomic E-state index is -1.62. The Bertz CT molecular complexity index is 1790. The standard InChI is InChI=1S/C25H24N8O10S4/c1-10-12(43-25(39)42-10)7-41-24(38)28-5-6-44-8-11-13(3-2-4-27-11)46-14-9-45-21-16(20(35)33(21)17(14)22(36)37)29-19(34)15(31-40)18-30-23(26)47-32-18/h2-4,15-16,21H,5-9H2,1H3,(H,28,38)(H,29,34)(H,36,37)(H2,26,30,32). The second-order valence-corrected chi connectivity index (χ2v) is 13.6. The number of aryl methyl sites for hydroxylation is 1. The van der Waals surface area contributed by atoms with Crippen LogP contribution in [0.1, 0.15) is 29.1 Å². The van der Waals surface area contributed by atoms with Crippen molar-refractivity contribution < 1.29 is 37.9 Å². The van der Waals surface area contributed by atoms with E-state index in [0.29, 0.717) is 27.0 Å². The minimum absolute atomic E-state index is 0.0396. The Hall–Kier alpha value is -4.41. The highest BCUT2D eigenvalue weighted by Gasteiger charge is 2.55. The predicted molar refractivity (Wildman–Crippen MR) is 169 cm³/mol. The number of aliphatic carboxylic acids is 1. The molecule has 3 atom stereocenters. The summed E-state index contributed by atoms with van der Waals surface area (Å²) in [4.78, 5) is 83.0. The van der Waals surface area contributed by atoms with E-state index < -0.39 is 47.2 Å². The van der Waals surface area contributed by atoms with Crippen LogP contribution in [0.15, 0.2) is 52.6 Å². The van der Waals surface area contributed by atoms with E-state index in [9.17, 15) is 34.0 Å². The third-order valence-corrected chi connectivity index (χ3v) is 10.7. The fourth-order valence-electron chi connectivity index (χ4n) is 4.31. The van der Waals surface area contributed by atoms with Crippen LogP contribution in [0.25, 0.3) is 0 Å². The summed E-state index contributed by atoms with van der Waals surface area (Å²) in [6.07, 6.45) is 0.904. The number of nitrogens with two attached hydrogens (primary N) is 1. The number of anilines is 1. The summed E-state index contributed by atoms with van der Waals surface area (Å²) in [6.45, 7) is 1.53. The third kappa shape index (κ3) is 7.77. The Kier molecular flexibility index (Phi) is 10.8. The number of nitrogens with one attached hydrogen (secondary N) is 2. The van der Waals surface area contributed by atoms with E-state index in [1.807, 2.05) is 0 Å². The summed E-state index contributed by atoms with van der Waals surface area (Å²) in [5.41, 5.74) is 5.99. The van der Waals surface area contributed by atoms with Gasteiger partial charge < -0.3 is 35.0 Å². The van der Waals surface area contributed by atoms with Crippen LogP contribution in [0, 0.1) is 11.8 Å². The lowest BCUT2D eigenvalue weighted by Gasteiger charge is -2.49. The van der Waals surface area contributed by atoms with Crippen molar-refractivity contribution >= 4 is 75.8 Å². The van der Waals surface area contributed by atoms with Gasteiger partial charge in [-0.15, -0.1) is 16.7 Å². The fraction of sp³-hybridized carbons (Fsp3) is 0.360. The number of carbonyl (C=O) groups excluding carboxylic acids is 3. The van der Waals surface area contributed by atoms with E-state index in [2.05, 4.69) is 30.2 Å². The molecule has 0 aliphatic carbocycles.